The molecule has 17 heavy (non-hydrogen) atoms. The molecule has 0 radical (unpaired) electrons. The summed E-state index contributed by atoms with van der Waals surface area (Å²) in [6.45, 7) is 2.66. The molecule has 2 nitrogen and oxygen atoms in total. The fourth-order valence-electron chi connectivity index (χ4n) is 5.05. The second-order valence-corrected chi connectivity index (χ2v) is 6.58. The zero-order valence-electron chi connectivity index (χ0n) is 10.6. The van der Waals surface area contributed by atoms with Crippen LogP contribution < -0.4 is 0 Å². The summed E-state index contributed by atoms with van der Waals surface area (Å²) in [5, 5.41) is 0. The Kier molecular flexibility index (Phi) is 2.30. The third-order valence-electron chi connectivity index (χ3n) is 5.73. The van der Waals surface area contributed by atoms with Gasteiger partial charge in [0.05, 0.1) is 6.26 Å². The minimum atomic E-state index is 0.478. The third kappa shape index (κ3) is 1.43. The van der Waals surface area contributed by atoms with E-state index in [1.54, 1.807) is 0 Å². The highest BCUT2D eigenvalue weighted by Crippen LogP contribution is 2.53. The average molecular weight is 233 g/mol. The second kappa shape index (κ2) is 3.74. The van der Waals surface area contributed by atoms with Crippen LogP contribution in [-0.2, 0) is 4.74 Å². The Morgan fingerprint density at radius 2 is 2.18 bits per heavy atom. The van der Waals surface area contributed by atoms with Gasteiger partial charge in [0.15, 0.2) is 0 Å². The molecule has 2 bridgehead atoms. The second-order valence-electron chi connectivity index (χ2n) is 6.58. The maximum Gasteiger partial charge on any atom is 0.109 e. The molecule has 4 aliphatic rings. The Bertz CT molecular complexity index is 340. The summed E-state index contributed by atoms with van der Waals surface area (Å²) in [6.07, 6.45) is 14.6. The molecular weight excluding hydrogens is 210 g/mol. The first-order chi connectivity index (χ1) is 8.39. The monoisotopic (exact) mass is 233 g/mol. The molecule has 2 heteroatoms. The van der Waals surface area contributed by atoms with Crippen LogP contribution in [0.25, 0.3) is 0 Å². The molecule has 0 amide bonds. The summed E-state index contributed by atoms with van der Waals surface area (Å²) in [5.74, 6) is 0.822. The van der Waals surface area contributed by atoms with Crippen LogP contribution >= 0.6 is 0 Å². The van der Waals surface area contributed by atoms with Crippen molar-refractivity contribution in [2.24, 2.45) is 11.3 Å². The van der Waals surface area contributed by atoms with E-state index >= 15 is 0 Å². The lowest BCUT2D eigenvalue weighted by Gasteiger charge is -2.60. The minimum absolute atomic E-state index is 0.478. The van der Waals surface area contributed by atoms with E-state index in [0.29, 0.717) is 11.5 Å². The highest BCUT2D eigenvalue weighted by Gasteiger charge is 2.55. The molecule has 0 N–H and O–H groups in total. The minimum Gasteiger partial charge on any atom is -0.497 e. The number of hydrogen-bond donors (Lipinski definition) is 0. The zero-order chi connectivity index (χ0) is 11.3. The Labute approximate surface area is 104 Å². The molecule has 3 fully saturated rings. The lowest BCUT2D eigenvalue weighted by molar-refractivity contribution is -0.158. The third-order valence-corrected chi connectivity index (χ3v) is 5.73. The Morgan fingerprint density at radius 3 is 3.18 bits per heavy atom. The summed E-state index contributed by atoms with van der Waals surface area (Å²) in [6, 6.07) is 0.841. The highest BCUT2D eigenvalue weighted by molar-refractivity contribution is 5.11. The molecule has 4 atom stereocenters. The number of ether oxygens (including phenoxy) is 1. The van der Waals surface area contributed by atoms with Gasteiger partial charge in [0, 0.05) is 23.9 Å². The van der Waals surface area contributed by atoms with Gasteiger partial charge in [-0.1, -0.05) is 12.8 Å². The van der Waals surface area contributed by atoms with Crippen LogP contribution in [0.3, 0.4) is 0 Å². The maximum atomic E-state index is 6.08. The first-order valence-corrected chi connectivity index (χ1v) is 7.44. The van der Waals surface area contributed by atoms with Crippen LogP contribution in [0.2, 0.25) is 0 Å². The fourth-order valence-corrected chi connectivity index (χ4v) is 5.05. The molecule has 2 saturated heterocycles. The predicted molar refractivity (Wildman–Crippen MR) is 67.6 cm³/mol. The van der Waals surface area contributed by atoms with Crippen LogP contribution in [0.15, 0.2) is 12.3 Å². The van der Waals surface area contributed by atoms with Crippen molar-refractivity contribution >= 4 is 0 Å². The van der Waals surface area contributed by atoms with E-state index in [4.69, 9.17) is 4.74 Å². The Balaban J connectivity index is 1.70. The lowest BCUT2D eigenvalue weighted by atomic mass is 9.59. The van der Waals surface area contributed by atoms with E-state index in [0.717, 1.165) is 12.0 Å². The van der Waals surface area contributed by atoms with Crippen molar-refractivity contribution in [1.82, 2.24) is 4.90 Å². The van der Waals surface area contributed by atoms with Crippen LogP contribution in [0.4, 0.5) is 0 Å². The summed E-state index contributed by atoms with van der Waals surface area (Å²) in [7, 11) is 0. The quantitative estimate of drug-likeness (QED) is 0.638. The van der Waals surface area contributed by atoms with E-state index in [-0.39, 0.29) is 0 Å². The van der Waals surface area contributed by atoms with Gasteiger partial charge in [0.25, 0.3) is 0 Å². The number of rotatable bonds is 0. The van der Waals surface area contributed by atoms with Crippen molar-refractivity contribution in [2.75, 3.05) is 13.1 Å². The van der Waals surface area contributed by atoms with E-state index in [1.165, 1.54) is 58.0 Å². The molecule has 3 heterocycles. The number of fused-ring (bicyclic) bond motifs is 2. The van der Waals surface area contributed by atoms with E-state index in [2.05, 4.69) is 11.0 Å². The average Bonchev–Trinajstić information content (AvgIpc) is 2.38. The number of piperidine rings is 2. The highest BCUT2D eigenvalue weighted by atomic mass is 16.5. The summed E-state index contributed by atoms with van der Waals surface area (Å²) in [5.41, 5.74) is 0.478. The van der Waals surface area contributed by atoms with Crippen molar-refractivity contribution < 1.29 is 4.74 Å². The van der Waals surface area contributed by atoms with Crippen LogP contribution in [0.5, 0.6) is 0 Å². The van der Waals surface area contributed by atoms with Gasteiger partial charge in [-0.3, -0.25) is 4.90 Å². The normalized spacial score (nSPS) is 49.1. The van der Waals surface area contributed by atoms with Gasteiger partial charge in [0.1, 0.15) is 6.10 Å². The molecule has 1 aliphatic carbocycles. The van der Waals surface area contributed by atoms with E-state index < -0.39 is 0 Å². The Hall–Kier alpha value is -0.500. The van der Waals surface area contributed by atoms with Gasteiger partial charge in [-0.15, -0.1) is 0 Å². The molecule has 0 unspecified atom stereocenters. The SMILES string of the molecule is C1=CO[C@H]2[C@@H]3CCC[C@]2(C1)CN1CCCC[C@H]31. The van der Waals surface area contributed by atoms with E-state index in [9.17, 15) is 0 Å². The number of hydrogen-bond acceptors (Lipinski definition) is 2. The Morgan fingerprint density at radius 1 is 1.18 bits per heavy atom. The van der Waals surface area contributed by atoms with Gasteiger partial charge in [-0.2, -0.15) is 0 Å². The van der Waals surface area contributed by atoms with Gasteiger partial charge < -0.3 is 4.74 Å². The van der Waals surface area contributed by atoms with Crippen molar-refractivity contribution in [3.8, 4) is 0 Å². The molecule has 1 saturated carbocycles. The molecule has 0 aromatic heterocycles. The molecular formula is C15H23NO. The molecule has 3 aliphatic heterocycles. The number of allylic oxidation sites excluding steroid dienone is 1. The van der Waals surface area contributed by atoms with Gasteiger partial charge >= 0.3 is 0 Å². The van der Waals surface area contributed by atoms with Crippen molar-refractivity contribution in [3.05, 3.63) is 12.3 Å². The lowest BCUT2D eigenvalue weighted by Crippen LogP contribution is -2.65. The first kappa shape index (κ1) is 10.4. The first-order valence-electron chi connectivity index (χ1n) is 7.44. The van der Waals surface area contributed by atoms with Crippen LogP contribution in [-0.4, -0.2) is 30.1 Å². The van der Waals surface area contributed by atoms with Crippen molar-refractivity contribution in [2.45, 2.75) is 57.1 Å². The molecule has 0 spiro atoms. The molecule has 94 valence electrons. The topological polar surface area (TPSA) is 12.5 Å². The van der Waals surface area contributed by atoms with Crippen LogP contribution in [0, 0.1) is 11.3 Å². The molecule has 4 rings (SSSR count). The smallest absolute Gasteiger partial charge is 0.109 e. The van der Waals surface area contributed by atoms with Gasteiger partial charge in [-0.25, -0.2) is 0 Å². The predicted octanol–water partition coefficient (Wildman–Crippen LogP) is 2.94. The standard InChI is InChI=1S/C15H23NO/c1-2-9-16-11-15-7-3-5-12(13(16)6-1)14(15)17-10-4-8-15/h4,10,12-14H,1-3,5-9,11H2/t12-,13-,14+,15+/m1/s1. The maximum absolute atomic E-state index is 6.08. The van der Waals surface area contributed by atoms with Gasteiger partial charge in [0.2, 0.25) is 0 Å². The largest absolute Gasteiger partial charge is 0.497 e. The number of nitrogens with zero attached hydrogens (tertiary/aromatic N) is 1. The summed E-state index contributed by atoms with van der Waals surface area (Å²) in [4.78, 5) is 2.81. The van der Waals surface area contributed by atoms with Crippen molar-refractivity contribution in [3.63, 3.8) is 0 Å². The summed E-state index contributed by atoms with van der Waals surface area (Å²) >= 11 is 0. The van der Waals surface area contributed by atoms with Crippen molar-refractivity contribution in [1.29, 1.82) is 0 Å². The van der Waals surface area contributed by atoms with E-state index in [1.807, 2.05) is 6.26 Å². The molecule has 0 aromatic carbocycles. The summed E-state index contributed by atoms with van der Waals surface area (Å²) < 4.78 is 6.08. The molecule has 0 aromatic rings. The zero-order valence-corrected chi connectivity index (χ0v) is 10.6. The van der Waals surface area contributed by atoms with Gasteiger partial charge in [-0.05, 0) is 44.7 Å². The van der Waals surface area contributed by atoms with Crippen LogP contribution in [0.1, 0.15) is 44.9 Å². The fraction of sp³-hybridized carbons (Fsp3) is 0.867.